The van der Waals surface area contributed by atoms with Crippen molar-refractivity contribution in [1.82, 2.24) is 34.1 Å². The quantitative estimate of drug-likeness (QED) is 0.144. The van der Waals surface area contributed by atoms with E-state index in [0.29, 0.717) is 5.82 Å². The molecule has 5 rings (SSSR count). The molecule has 0 saturated carbocycles. The Morgan fingerprint density at radius 1 is 1.18 bits per heavy atom. The van der Waals surface area contributed by atoms with Crippen molar-refractivity contribution in [2.75, 3.05) is 18.9 Å². The first-order valence-electron chi connectivity index (χ1n) is 11.4. The molecule has 0 radical (unpaired) electrons. The van der Waals surface area contributed by atoms with Gasteiger partial charge in [0.2, 0.25) is 5.95 Å². The van der Waals surface area contributed by atoms with Gasteiger partial charge >= 0.3 is 35.2 Å². The maximum atomic E-state index is 12.6. The molecule has 0 bridgehead atoms. The standard InChI is InChI=1S/C19H25N8O10P.Na/c1-8-23-16-15(17(30)24-8)21-6-26(16)13-2-9(29)12(36-13)5-34-38(32,33)37-10-3-14(35-11(10)4-28)27-7-22-18(20)25-19(27)31;/h6-7,9-14,28-29H,2-5H2,1H3,(H,32,33)(H2,20,25,31)(H,23,24,30);/q;+1/p-1/t9?,10?,11-,12-,13-,14-;/m1./s1. The number of rotatable bonds is 8. The number of phosphoric acid groups is 1. The van der Waals surface area contributed by atoms with Crippen LogP contribution in [-0.2, 0) is 23.1 Å². The van der Waals surface area contributed by atoms with Crippen LogP contribution < -0.4 is 51.4 Å². The molecule has 2 aliphatic rings. The number of nitrogens with one attached hydrogen (secondary N) is 1. The molecule has 0 amide bonds. The van der Waals surface area contributed by atoms with Crippen LogP contribution in [0.2, 0.25) is 0 Å². The number of hydrogen-bond acceptors (Lipinski definition) is 15. The maximum absolute atomic E-state index is 12.6. The van der Waals surface area contributed by atoms with Gasteiger partial charge in [-0.25, -0.2) is 19.7 Å². The minimum Gasteiger partial charge on any atom is -0.756 e. The van der Waals surface area contributed by atoms with E-state index in [9.17, 15) is 29.3 Å². The van der Waals surface area contributed by atoms with Gasteiger partial charge in [-0.05, 0) is 6.92 Å². The largest absolute Gasteiger partial charge is 1.00 e. The number of aryl methyl sites for hydroxylation is 1. The molecule has 5 heterocycles. The number of H-pyrrole nitrogens is 1. The van der Waals surface area contributed by atoms with Gasteiger partial charge in [-0.15, -0.1) is 0 Å². The van der Waals surface area contributed by atoms with E-state index in [2.05, 4.69) is 24.9 Å². The summed E-state index contributed by atoms with van der Waals surface area (Å²) < 4.78 is 36.4. The molecule has 20 heteroatoms. The molecule has 0 aliphatic carbocycles. The van der Waals surface area contributed by atoms with Gasteiger partial charge in [0.25, 0.3) is 13.4 Å². The van der Waals surface area contributed by atoms with Crippen LogP contribution in [0.4, 0.5) is 5.95 Å². The van der Waals surface area contributed by atoms with Crippen LogP contribution >= 0.6 is 7.82 Å². The average Bonchev–Trinajstić information content (AvgIpc) is 3.54. The number of imidazole rings is 1. The number of nitrogens with two attached hydrogens (primary N) is 1. The molecule has 3 unspecified atom stereocenters. The zero-order valence-corrected chi connectivity index (χ0v) is 23.7. The Kier molecular flexibility index (Phi) is 9.04. The van der Waals surface area contributed by atoms with Crippen molar-refractivity contribution in [3.63, 3.8) is 0 Å². The topological polar surface area (TPSA) is 255 Å². The molecule has 7 atom stereocenters. The summed E-state index contributed by atoms with van der Waals surface area (Å²) in [5, 5.41) is 20.1. The number of nitrogens with zero attached hydrogens (tertiary/aromatic N) is 6. The monoisotopic (exact) mass is 578 g/mol. The molecule has 0 aromatic carbocycles. The summed E-state index contributed by atoms with van der Waals surface area (Å²) in [6.07, 6.45) is -3.90. The summed E-state index contributed by atoms with van der Waals surface area (Å²) in [7, 11) is -4.99. The maximum Gasteiger partial charge on any atom is 1.00 e. The number of ether oxygens (including phenoxy) is 2. The van der Waals surface area contributed by atoms with Crippen molar-refractivity contribution >= 4 is 24.9 Å². The molecule has 3 aromatic heterocycles. The third-order valence-electron chi connectivity index (χ3n) is 6.14. The van der Waals surface area contributed by atoms with E-state index >= 15 is 0 Å². The van der Waals surface area contributed by atoms with Crippen LogP contribution in [0, 0.1) is 6.92 Å². The number of aliphatic hydroxyl groups excluding tert-OH is 2. The molecule has 5 N–H and O–H groups in total. The molecule has 39 heavy (non-hydrogen) atoms. The molecule has 3 aromatic rings. The van der Waals surface area contributed by atoms with Crippen molar-refractivity contribution in [1.29, 1.82) is 0 Å². The summed E-state index contributed by atoms with van der Waals surface area (Å²) in [6, 6.07) is 0. The van der Waals surface area contributed by atoms with Crippen molar-refractivity contribution in [2.45, 2.75) is 56.6 Å². The second-order valence-electron chi connectivity index (χ2n) is 8.75. The van der Waals surface area contributed by atoms with Crippen molar-refractivity contribution in [3.05, 3.63) is 39.3 Å². The van der Waals surface area contributed by atoms with Gasteiger partial charge in [-0.3, -0.25) is 18.5 Å². The second-order valence-corrected chi connectivity index (χ2v) is 10.1. The molecule has 0 spiro atoms. The first kappa shape index (κ1) is 29.9. The molecular formula is C19H24N8NaO10P. The average molecular weight is 578 g/mol. The van der Waals surface area contributed by atoms with Crippen LogP contribution in [0.15, 0.2) is 22.2 Å². The number of fused-ring (bicyclic) bond motifs is 1. The van der Waals surface area contributed by atoms with Crippen LogP contribution in [0.25, 0.3) is 11.2 Å². The predicted molar refractivity (Wildman–Crippen MR) is 122 cm³/mol. The van der Waals surface area contributed by atoms with Gasteiger partial charge in [-0.1, -0.05) is 0 Å². The molecule has 2 fully saturated rings. The first-order chi connectivity index (χ1) is 18.0. The third kappa shape index (κ3) is 6.31. The van der Waals surface area contributed by atoms with Gasteiger partial charge in [0.05, 0.1) is 31.7 Å². The number of nitrogen functional groups attached to an aromatic ring is 1. The Bertz CT molecular complexity index is 1500. The van der Waals surface area contributed by atoms with Gasteiger partial charge in [0.15, 0.2) is 11.2 Å². The van der Waals surface area contributed by atoms with E-state index in [1.54, 1.807) is 6.92 Å². The third-order valence-corrected chi connectivity index (χ3v) is 7.14. The Morgan fingerprint density at radius 2 is 1.87 bits per heavy atom. The zero-order chi connectivity index (χ0) is 27.2. The molecule has 2 aliphatic heterocycles. The predicted octanol–water partition coefficient (Wildman–Crippen LogP) is -5.54. The minimum atomic E-state index is -4.99. The fourth-order valence-electron chi connectivity index (χ4n) is 4.34. The summed E-state index contributed by atoms with van der Waals surface area (Å²) in [5.74, 6) is 0.119. The van der Waals surface area contributed by atoms with Crippen molar-refractivity contribution < 1.29 is 67.8 Å². The van der Waals surface area contributed by atoms with Crippen LogP contribution in [0.5, 0.6) is 0 Å². The number of aromatic amines is 1. The Hall–Kier alpha value is -2.09. The van der Waals surface area contributed by atoms with Gasteiger partial charge < -0.3 is 44.3 Å². The number of anilines is 1. The molecule has 2 saturated heterocycles. The summed E-state index contributed by atoms with van der Waals surface area (Å²) in [6.45, 7) is 0.420. The Labute approximate surface area is 241 Å². The molecular weight excluding hydrogens is 554 g/mol. The normalized spacial score (nSPS) is 28.4. The SMILES string of the molecule is Cc1nc2c(ncn2[C@H]2CC(O)[C@@H](COP(=O)([O-])OC3C[C@H](n4cnc(N)nc4=O)O[C@@H]3CO)O2)c(=O)[nH]1.[Na+]. The van der Waals surface area contributed by atoms with E-state index in [-0.39, 0.29) is 59.5 Å². The minimum absolute atomic E-state index is 0. The summed E-state index contributed by atoms with van der Waals surface area (Å²) >= 11 is 0. The number of hydrogen-bond donors (Lipinski definition) is 4. The van der Waals surface area contributed by atoms with Crippen molar-refractivity contribution in [2.24, 2.45) is 0 Å². The summed E-state index contributed by atoms with van der Waals surface area (Å²) in [4.78, 5) is 54.7. The van der Waals surface area contributed by atoms with Crippen LogP contribution in [-0.4, -0.2) is 81.9 Å². The number of phosphoric ester groups is 1. The first-order valence-corrected chi connectivity index (χ1v) is 12.9. The van der Waals surface area contributed by atoms with Gasteiger partial charge in [0.1, 0.15) is 36.8 Å². The van der Waals surface area contributed by atoms with E-state index in [1.807, 2.05) is 0 Å². The fourth-order valence-corrected chi connectivity index (χ4v) is 5.29. The fraction of sp³-hybridized carbons (Fsp3) is 0.579. The molecule has 18 nitrogen and oxygen atoms in total. The Balaban J connectivity index is 0.00000353. The van der Waals surface area contributed by atoms with Crippen LogP contribution in [0.1, 0.15) is 31.1 Å². The Morgan fingerprint density at radius 3 is 2.59 bits per heavy atom. The van der Waals surface area contributed by atoms with E-state index in [4.69, 9.17) is 24.3 Å². The number of aromatic nitrogens is 7. The van der Waals surface area contributed by atoms with Gasteiger partial charge in [0, 0.05) is 12.8 Å². The van der Waals surface area contributed by atoms with E-state index in [1.165, 1.54) is 10.9 Å². The number of aliphatic hydroxyl groups is 2. The van der Waals surface area contributed by atoms with Crippen LogP contribution in [0.3, 0.4) is 0 Å². The summed E-state index contributed by atoms with van der Waals surface area (Å²) in [5.41, 5.74) is 4.51. The van der Waals surface area contributed by atoms with Gasteiger partial charge in [-0.2, -0.15) is 4.98 Å². The van der Waals surface area contributed by atoms with Crippen molar-refractivity contribution in [3.8, 4) is 0 Å². The second kappa shape index (κ2) is 11.8. The molecule has 206 valence electrons. The smallest absolute Gasteiger partial charge is 0.756 e. The zero-order valence-electron chi connectivity index (χ0n) is 20.8. The van der Waals surface area contributed by atoms with E-state index < -0.39 is 69.2 Å². The van der Waals surface area contributed by atoms with E-state index in [0.717, 1.165) is 10.9 Å².